The van der Waals surface area contributed by atoms with Crippen molar-refractivity contribution in [2.75, 3.05) is 0 Å². The number of hydrogen-bond donors (Lipinski definition) is 1. The fraction of sp³-hybridized carbons (Fsp3) is 0.188. The minimum atomic E-state index is -0.412. The Kier molecular flexibility index (Phi) is 4.35. The average Bonchev–Trinajstić information content (AvgIpc) is 2.41. The van der Waals surface area contributed by atoms with Gasteiger partial charge in [0, 0.05) is 11.1 Å². The molecule has 2 aromatic carbocycles. The van der Waals surface area contributed by atoms with Gasteiger partial charge in [0.05, 0.1) is 0 Å². The molecule has 0 radical (unpaired) electrons. The summed E-state index contributed by atoms with van der Waals surface area (Å²) in [7, 11) is 0. The Morgan fingerprint density at radius 2 is 1.90 bits per heavy atom. The summed E-state index contributed by atoms with van der Waals surface area (Å²) in [5.41, 5.74) is 8.37. The van der Waals surface area contributed by atoms with Crippen molar-refractivity contribution in [3.8, 4) is 5.75 Å². The number of thiocarbonyl (C=S) groups is 1. The van der Waals surface area contributed by atoms with Crippen LogP contribution in [-0.4, -0.2) is 4.99 Å². The van der Waals surface area contributed by atoms with Crippen LogP contribution in [0.4, 0.5) is 4.39 Å². The fourth-order valence-corrected chi connectivity index (χ4v) is 2.08. The second-order valence-electron chi connectivity index (χ2n) is 4.63. The molecule has 0 aliphatic rings. The minimum absolute atomic E-state index is 0.0519. The molecule has 0 fully saturated rings. The fourth-order valence-electron chi connectivity index (χ4n) is 1.92. The van der Waals surface area contributed by atoms with Crippen LogP contribution >= 0.6 is 12.2 Å². The van der Waals surface area contributed by atoms with Crippen LogP contribution in [0.2, 0.25) is 0 Å². The second kappa shape index (κ2) is 6.01. The molecule has 2 N–H and O–H groups in total. The summed E-state index contributed by atoms with van der Waals surface area (Å²) in [6, 6.07) is 10.8. The van der Waals surface area contributed by atoms with Gasteiger partial charge in [0.25, 0.3) is 0 Å². The van der Waals surface area contributed by atoms with Gasteiger partial charge in [-0.15, -0.1) is 0 Å². The topological polar surface area (TPSA) is 35.2 Å². The number of benzene rings is 2. The maximum Gasteiger partial charge on any atom is 0.139 e. The van der Waals surface area contributed by atoms with E-state index in [0.717, 1.165) is 16.9 Å². The maximum absolute atomic E-state index is 14.2. The number of nitrogens with two attached hydrogens (primary N) is 1. The Balaban J connectivity index is 2.21. The highest BCUT2D eigenvalue weighted by Crippen LogP contribution is 2.22. The van der Waals surface area contributed by atoms with Crippen molar-refractivity contribution in [1.82, 2.24) is 0 Å². The lowest BCUT2D eigenvalue weighted by molar-refractivity contribution is 0.297. The summed E-state index contributed by atoms with van der Waals surface area (Å²) in [6.07, 6.45) is 0. The summed E-state index contributed by atoms with van der Waals surface area (Å²) in [5.74, 6) is 0.343. The van der Waals surface area contributed by atoms with E-state index in [1.54, 1.807) is 18.2 Å². The molecular weight excluding hydrogens is 273 g/mol. The lowest BCUT2D eigenvalue weighted by atomic mass is 10.1. The summed E-state index contributed by atoms with van der Waals surface area (Å²) < 4.78 is 19.9. The van der Waals surface area contributed by atoms with Crippen molar-refractivity contribution in [3.63, 3.8) is 0 Å². The van der Waals surface area contributed by atoms with E-state index in [2.05, 4.69) is 0 Å². The number of hydrogen-bond acceptors (Lipinski definition) is 2. The zero-order chi connectivity index (χ0) is 14.7. The predicted octanol–water partition coefficient (Wildman–Crippen LogP) is 3.66. The Morgan fingerprint density at radius 3 is 2.60 bits per heavy atom. The van der Waals surface area contributed by atoms with Crippen molar-refractivity contribution in [3.05, 3.63) is 64.5 Å². The van der Waals surface area contributed by atoms with E-state index in [-0.39, 0.29) is 17.2 Å². The van der Waals surface area contributed by atoms with Gasteiger partial charge in [-0.3, -0.25) is 0 Å². The standard InChI is InChI=1S/C16H16FNOS/c1-10-5-3-8-14(11(10)2)19-9-12-6-4-7-13(15(12)17)16(18)20/h3-8H,9H2,1-2H3,(H2,18,20). The molecule has 2 aromatic rings. The average molecular weight is 289 g/mol. The van der Waals surface area contributed by atoms with Gasteiger partial charge in [0.15, 0.2) is 0 Å². The third-order valence-electron chi connectivity index (χ3n) is 3.28. The minimum Gasteiger partial charge on any atom is -0.489 e. The van der Waals surface area contributed by atoms with Gasteiger partial charge in [-0.25, -0.2) is 4.39 Å². The molecule has 4 heteroatoms. The Morgan fingerprint density at radius 1 is 1.20 bits per heavy atom. The maximum atomic E-state index is 14.2. The molecule has 0 saturated heterocycles. The summed E-state index contributed by atoms with van der Waals surface area (Å²) in [4.78, 5) is 0.0519. The van der Waals surface area contributed by atoms with Gasteiger partial charge in [-0.1, -0.05) is 36.5 Å². The van der Waals surface area contributed by atoms with Crippen LogP contribution in [0.15, 0.2) is 36.4 Å². The third-order valence-corrected chi connectivity index (χ3v) is 3.50. The Labute approximate surface area is 123 Å². The molecule has 0 aliphatic heterocycles. The monoisotopic (exact) mass is 289 g/mol. The highest BCUT2D eigenvalue weighted by atomic mass is 32.1. The SMILES string of the molecule is Cc1cccc(OCc2cccc(C(N)=S)c2F)c1C. The molecule has 0 unspecified atom stereocenters. The summed E-state index contributed by atoms with van der Waals surface area (Å²) in [5, 5.41) is 0. The first-order valence-corrected chi connectivity index (χ1v) is 6.67. The third kappa shape index (κ3) is 2.96. The van der Waals surface area contributed by atoms with Crippen LogP contribution in [0.25, 0.3) is 0 Å². The molecule has 2 rings (SSSR count). The normalized spacial score (nSPS) is 10.3. The first-order chi connectivity index (χ1) is 9.50. The van der Waals surface area contributed by atoms with E-state index in [4.69, 9.17) is 22.7 Å². The number of halogens is 1. The summed E-state index contributed by atoms with van der Waals surface area (Å²) >= 11 is 4.82. The van der Waals surface area contributed by atoms with Gasteiger partial charge in [0.2, 0.25) is 0 Å². The van der Waals surface area contributed by atoms with Gasteiger partial charge in [0.1, 0.15) is 23.2 Å². The van der Waals surface area contributed by atoms with Crippen LogP contribution < -0.4 is 10.5 Å². The molecule has 20 heavy (non-hydrogen) atoms. The smallest absolute Gasteiger partial charge is 0.139 e. The Bertz CT molecular complexity index is 655. The first-order valence-electron chi connectivity index (χ1n) is 6.27. The van der Waals surface area contributed by atoms with E-state index < -0.39 is 5.82 Å². The van der Waals surface area contributed by atoms with E-state index >= 15 is 0 Å². The van der Waals surface area contributed by atoms with Gasteiger partial charge in [-0.2, -0.15) is 0 Å². The van der Waals surface area contributed by atoms with Crippen molar-refractivity contribution < 1.29 is 9.13 Å². The lowest BCUT2D eigenvalue weighted by Crippen LogP contribution is -2.13. The van der Waals surface area contributed by atoms with Gasteiger partial charge in [-0.05, 0) is 37.1 Å². The molecule has 0 aliphatic carbocycles. The van der Waals surface area contributed by atoms with Crippen molar-refractivity contribution in [1.29, 1.82) is 0 Å². The van der Waals surface area contributed by atoms with Crippen LogP contribution in [-0.2, 0) is 6.61 Å². The first kappa shape index (κ1) is 14.5. The number of rotatable bonds is 4. The molecular formula is C16H16FNOS. The molecule has 0 aromatic heterocycles. The van der Waals surface area contributed by atoms with Crippen LogP contribution in [0.5, 0.6) is 5.75 Å². The Hall–Kier alpha value is -1.94. The molecule has 0 saturated carbocycles. The van der Waals surface area contributed by atoms with E-state index in [9.17, 15) is 4.39 Å². The lowest BCUT2D eigenvalue weighted by Gasteiger charge is -2.12. The van der Waals surface area contributed by atoms with Crippen molar-refractivity contribution in [2.45, 2.75) is 20.5 Å². The van der Waals surface area contributed by atoms with Gasteiger partial charge < -0.3 is 10.5 Å². The van der Waals surface area contributed by atoms with Crippen molar-refractivity contribution >= 4 is 17.2 Å². The molecule has 2 nitrogen and oxygen atoms in total. The molecule has 0 atom stereocenters. The second-order valence-corrected chi connectivity index (χ2v) is 5.07. The zero-order valence-electron chi connectivity index (χ0n) is 11.4. The largest absolute Gasteiger partial charge is 0.489 e. The van der Waals surface area contributed by atoms with Gasteiger partial charge >= 0.3 is 0 Å². The number of aryl methyl sites for hydroxylation is 1. The zero-order valence-corrected chi connectivity index (χ0v) is 12.3. The molecule has 0 amide bonds. The highest BCUT2D eigenvalue weighted by Gasteiger charge is 2.11. The highest BCUT2D eigenvalue weighted by molar-refractivity contribution is 7.80. The molecule has 0 spiro atoms. The molecule has 104 valence electrons. The van der Waals surface area contributed by atoms with E-state index in [0.29, 0.717) is 5.56 Å². The van der Waals surface area contributed by atoms with Crippen LogP contribution in [0, 0.1) is 19.7 Å². The summed E-state index contributed by atoms with van der Waals surface area (Å²) in [6.45, 7) is 4.13. The molecule has 0 heterocycles. The molecule has 0 bridgehead atoms. The van der Waals surface area contributed by atoms with Crippen LogP contribution in [0.3, 0.4) is 0 Å². The quantitative estimate of drug-likeness (QED) is 0.873. The van der Waals surface area contributed by atoms with E-state index in [1.807, 2.05) is 32.0 Å². The number of ether oxygens (including phenoxy) is 1. The van der Waals surface area contributed by atoms with Crippen LogP contribution in [0.1, 0.15) is 22.3 Å². The predicted molar refractivity (Wildman–Crippen MR) is 82.5 cm³/mol. The van der Waals surface area contributed by atoms with E-state index in [1.165, 1.54) is 0 Å². The van der Waals surface area contributed by atoms with Crippen molar-refractivity contribution in [2.24, 2.45) is 5.73 Å².